The highest BCUT2D eigenvalue weighted by Crippen LogP contribution is 2.37. The molecule has 0 radical (unpaired) electrons. The molecule has 0 amide bonds. The Hall–Kier alpha value is -2.60. The molecule has 1 aliphatic carbocycles. The lowest BCUT2D eigenvalue weighted by molar-refractivity contribution is 0.248. The number of benzene rings is 1. The summed E-state index contributed by atoms with van der Waals surface area (Å²) in [6.07, 6.45) is 7.30. The van der Waals surface area contributed by atoms with Gasteiger partial charge in [-0.2, -0.15) is 0 Å². The van der Waals surface area contributed by atoms with Crippen LogP contribution in [0.1, 0.15) is 36.6 Å². The van der Waals surface area contributed by atoms with Gasteiger partial charge in [0.25, 0.3) is 0 Å². The molecule has 2 aromatic rings. The zero-order valence-electron chi connectivity index (χ0n) is 16.8. The molecule has 1 saturated heterocycles. The third kappa shape index (κ3) is 3.69. The van der Waals surface area contributed by atoms with Crippen LogP contribution in [-0.2, 0) is 0 Å². The fraction of sp³-hybridized carbons (Fsp3) is 0.435. The zero-order chi connectivity index (χ0) is 19.8. The minimum Gasteiger partial charge on any atom is -0.496 e. The maximum Gasteiger partial charge on any atom is 0.134 e. The molecule has 3 heterocycles. The van der Waals surface area contributed by atoms with Crippen molar-refractivity contribution in [2.45, 2.75) is 31.3 Å². The molecule has 1 atom stereocenters. The maximum atomic E-state index is 14.4. The lowest BCUT2D eigenvalue weighted by atomic mass is 9.99. The molecule has 0 bridgehead atoms. The smallest absolute Gasteiger partial charge is 0.134 e. The molecule has 6 heteroatoms. The summed E-state index contributed by atoms with van der Waals surface area (Å²) in [5, 5.41) is 3.36. The molecule has 1 unspecified atom stereocenters. The first-order valence-corrected chi connectivity index (χ1v) is 10.5. The third-order valence-corrected chi connectivity index (χ3v) is 6.27. The zero-order valence-corrected chi connectivity index (χ0v) is 16.8. The number of ether oxygens (including phenoxy) is 1. The number of anilines is 1. The second kappa shape index (κ2) is 7.67. The van der Waals surface area contributed by atoms with Gasteiger partial charge in [-0.05, 0) is 42.7 Å². The first kappa shape index (κ1) is 18.4. The number of methoxy groups -OCH3 is 1. The molecule has 2 aliphatic heterocycles. The molecule has 5 nitrogen and oxygen atoms in total. The van der Waals surface area contributed by atoms with Crippen LogP contribution in [0.5, 0.6) is 5.75 Å². The first-order chi connectivity index (χ1) is 14.2. The molecular formula is C23H27FN4O. The van der Waals surface area contributed by atoms with Gasteiger partial charge in [0, 0.05) is 44.8 Å². The van der Waals surface area contributed by atoms with Crippen molar-refractivity contribution >= 4 is 11.3 Å². The van der Waals surface area contributed by atoms with E-state index in [1.165, 1.54) is 24.6 Å². The summed E-state index contributed by atoms with van der Waals surface area (Å²) in [6, 6.07) is 10.1. The summed E-state index contributed by atoms with van der Waals surface area (Å²) in [6.45, 7) is 4.43. The van der Waals surface area contributed by atoms with Gasteiger partial charge >= 0.3 is 0 Å². The molecule has 1 aromatic heterocycles. The van der Waals surface area contributed by atoms with Crippen LogP contribution in [0.3, 0.4) is 0 Å². The molecule has 5 rings (SSSR count). The van der Waals surface area contributed by atoms with Crippen LogP contribution in [0.25, 0.3) is 5.57 Å². The minimum atomic E-state index is -0.258. The fourth-order valence-corrected chi connectivity index (χ4v) is 4.46. The van der Waals surface area contributed by atoms with E-state index in [1.807, 2.05) is 12.4 Å². The Morgan fingerprint density at radius 3 is 2.62 bits per heavy atom. The Morgan fingerprint density at radius 1 is 1.10 bits per heavy atom. The van der Waals surface area contributed by atoms with Gasteiger partial charge in [0.2, 0.25) is 0 Å². The van der Waals surface area contributed by atoms with Crippen LogP contribution in [0, 0.1) is 5.82 Å². The van der Waals surface area contributed by atoms with Crippen LogP contribution in [0.2, 0.25) is 0 Å². The van der Waals surface area contributed by atoms with Crippen molar-refractivity contribution in [3.05, 3.63) is 59.8 Å². The van der Waals surface area contributed by atoms with Crippen LogP contribution in [0.15, 0.2) is 42.7 Å². The number of piperazine rings is 1. The SMILES string of the molecule is COc1cccc(F)c1C1=CNC(c2ccc(N3CCN(C4CC4)CC3)cn2)C1. The Balaban J connectivity index is 1.24. The highest BCUT2D eigenvalue weighted by Gasteiger charge is 2.31. The van der Waals surface area contributed by atoms with Crippen LogP contribution < -0.4 is 15.0 Å². The number of halogens is 1. The largest absolute Gasteiger partial charge is 0.496 e. The predicted octanol–water partition coefficient (Wildman–Crippen LogP) is 3.59. The van der Waals surface area contributed by atoms with Gasteiger partial charge in [-0.3, -0.25) is 9.88 Å². The quantitative estimate of drug-likeness (QED) is 0.839. The molecule has 3 aliphatic rings. The highest BCUT2D eigenvalue weighted by atomic mass is 19.1. The Bertz CT molecular complexity index is 902. The van der Waals surface area contributed by atoms with E-state index in [9.17, 15) is 4.39 Å². The van der Waals surface area contributed by atoms with Gasteiger partial charge in [0.05, 0.1) is 36.3 Å². The second-order valence-corrected chi connectivity index (χ2v) is 8.11. The molecular weight excluding hydrogens is 367 g/mol. The predicted molar refractivity (Wildman–Crippen MR) is 112 cm³/mol. The Labute approximate surface area is 171 Å². The van der Waals surface area contributed by atoms with E-state index < -0.39 is 0 Å². The van der Waals surface area contributed by atoms with Crippen molar-refractivity contribution in [2.75, 3.05) is 38.2 Å². The number of nitrogens with one attached hydrogen (secondary N) is 1. The van der Waals surface area contributed by atoms with Gasteiger partial charge in [-0.15, -0.1) is 0 Å². The number of pyridine rings is 1. The molecule has 1 saturated carbocycles. The van der Waals surface area contributed by atoms with Crippen molar-refractivity contribution in [1.82, 2.24) is 15.2 Å². The molecule has 1 N–H and O–H groups in total. The molecule has 0 spiro atoms. The first-order valence-electron chi connectivity index (χ1n) is 10.5. The van der Waals surface area contributed by atoms with E-state index in [2.05, 4.69) is 27.2 Å². The fourth-order valence-electron chi connectivity index (χ4n) is 4.46. The normalized spacial score (nSPS) is 22.3. The average Bonchev–Trinajstić information content (AvgIpc) is 3.51. The Kier molecular flexibility index (Phi) is 4.87. The summed E-state index contributed by atoms with van der Waals surface area (Å²) >= 11 is 0. The maximum absolute atomic E-state index is 14.4. The molecule has 152 valence electrons. The number of nitrogens with zero attached hydrogens (tertiary/aromatic N) is 3. The Morgan fingerprint density at radius 2 is 1.93 bits per heavy atom. The van der Waals surface area contributed by atoms with Crippen molar-refractivity contribution in [2.24, 2.45) is 0 Å². The molecule has 29 heavy (non-hydrogen) atoms. The molecule has 1 aromatic carbocycles. The van der Waals surface area contributed by atoms with E-state index in [-0.39, 0.29) is 11.9 Å². The van der Waals surface area contributed by atoms with Gasteiger partial charge < -0.3 is 15.0 Å². The van der Waals surface area contributed by atoms with E-state index in [0.717, 1.165) is 43.5 Å². The van der Waals surface area contributed by atoms with E-state index >= 15 is 0 Å². The van der Waals surface area contributed by atoms with Crippen molar-refractivity contribution in [1.29, 1.82) is 0 Å². The topological polar surface area (TPSA) is 40.6 Å². The lowest BCUT2D eigenvalue weighted by Crippen LogP contribution is -2.47. The summed E-state index contributed by atoms with van der Waals surface area (Å²) in [5.41, 5.74) is 3.61. The molecule has 2 fully saturated rings. The summed E-state index contributed by atoms with van der Waals surface area (Å²) in [4.78, 5) is 9.76. The highest BCUT2D eigenvalue weighted by molar-refractivity contribution is 5.73. The van der Waals surface area contributed by atoms with Crippen LogP contribution in [0.4, 0.5) is 10.1 Å². The summed E-state index contributed by atoms with van der Waals surface area (Å²) in [5.74, 6) is 0.305. The van der Waals surface area contributed by atoms with E-state index in [1.54, 1.807) is 19.2 Å². The van der Waals surface area contributed by atoms with E-state index in [4.69, 9.17) is 9.72 Å². The average molecular weight is 394 g/mol. The standard InChI is InChI=1S/C23H27FN4O/c1-29-22-4-2-3-19(24)23(22)16-13-21(25-14-16)20-8-7-18(15-26-20)28-11-9-27(10-12-28)17-5-6-17/h2-4,7-8,14-15,17,21,25H,5-6,9-13H2,1H3. The monoisotopic (exact) mass is 394 g/mol. The van der Waals surface area contributed by atoms with Gasteiger partial charge in [-0.1, -0.05) is 6.07 Å². The number of aromatic nitrogens is 1. The second-order valence-electron chi connectivity index (χ2n) is 8.11. The van der Waals surface area contributed by atoms with Crippen molar-refractivity contribution in [3.8, 4) is 5.75 Å². The summed E-state index contributed by atoms with van der Waals surface area (Å²) < 4.78 is 19.7. The summed E-state index contributed by atoms with van der Waals surface area (Å²) in [7, 11) is 1.57. The number of hydrogen-bond donors (Lipinski definition) is 1. The van der Waals surface area contributed by atoms with Crippen LogP contribution in [-0.4, -0.2) is 49.2 Å². The van der Waals surface area contributed by atoms with Crippen molar-refractivity contribution < 1.29 is 9.13 Å². The van der Waals surface area contributed by atoms with E-state index in [0.29, 0.717) is 17.7 Å². The van der Waals surface area contributed by atoms with Crippen molar-refractivity contribution in [3.63, 3.8) is 0 Å². The van der Waals surface area contributed by atoms with Gasteiger partial charge in [-0.25, -0.2) is 4.39 Å². The van der Waals surface area contributed by atoms with Gasteiger partial charge in [0.1, 0.15) is 11.6 Å². The van der Waals surface area contributed by atoms with Gasteiger partial charge in [0.15, 0.2) is 0 Å². The van der Waals surface area contributed by atoms with Crippen LogP contribution >= 0.6 is 0 Å². The minimum absolute atomic E-state index is 0.0510. The third-order valence-electron chi connectivity index (χ3n) is 6.27. The number of hydrogen-bond acceptors (Lipinski definition) is 5. The number of rotatable bonds is 5. The lowest BCUT2D eigenvalue weighted by Gasteiger charge is -2.36.